The largest absolute Gasteiger partial charge is 0.335 e. The van der Waals surface area contributed by atoms with E-state index in [-0.39, 0.29) is 17.8 Å². The summed E-state index contributed by atoms with van der Waals surface area (Å²) in [4.78, 5) is 18.6. The minimum atomic E-state index is -0.253. The summed E-state index contributed by atoms with van der Waals surface area (Å²) in [6.45, 7) is 3.04. The van der Waals surface area contributed by atoms with Gasteiger partial charge in [-0.2, -0.15) is 5.10 Å². The van der Waals surface area contributed by atoms with Crippen molar-refractivity contribution in [1.82, 2.24) is 25.0 Å². The number of amides is 1. The molecule has 0 spiro atoms. The van der Waals surface area contributed by atoms with Gasteiger partial charge in [-0.1, -0.05) is 12.1 Å². The zero-order chi connectivity index (χ0) is 16.5. The summed E-state index contributed by atoms with van der Waals surface area (Å²) in [6.07, 6.45) is 3.45. The van der Waals surface area contributed by atoms with Gasteiger partial charge in [0.05, 0.1) is 12.6 Å². The lowest BCUT2D eigenvalue weighted by atomic mass is 9.89. The maximum Gasteiger partial charge on any atom is 0.224 e. The maximum atomic E-state index is 13.7. The minimum Gasteiger partial charge on any atom is -0.335 e. The topological polar surface area (TPSA) is 63.1 Å². The van der Waals surface area contributed by atoms with Crippen molar-refractivity contribution in [3.63, 3.8) is 0 Å². The molecule has 4 rings (SSSR count). The molecule has 1 N–H and O–H groups in total. The predicted octanol–water partition coefficient (Wildman–Crippen LogP) is 1.23. The molecule has 126 valence electrons. The number of hydrogen-bond donors (Lipinski definition) is 1. The van der Waals surface area contributed by atoms with Crippen LogP contribution in [0.2, 0.25) is 0 Å². The number of halogens is 1. The van der Waals surface area contributed by atoms with Crippen LogP contribution in [-0.4, -0.2) is 45.2 Å². The van der Waals surface area contributed by atoms with Crippen LogP contribution in [0.25, 0.3) is 0 Å². The Labute approximate surface area is 139 Å². The minimum absolute atomic E-state index is 0.0519. The fourth-order valence-electron chi connectivity index (χ4n) is 4.00. The zero-order valence-corrected chi connectivity index (χ0v) is 13.3. The second kappa shape index (κ2) is 6.32. The fourth-order valence-corrected chi connectivity index (χ4v) is 4.00. The van der Waals surface area contributed by atoms with E-state index in [2.05, 4.69) is 15.4 Å². The fraction of sp³-hybridized carbons (Fsp3) is 0.471. The van der Waals surface area contributed by atoms with Crippen LogP contribution in [0.15, 0.2) is 36.9 Å². The molecule has 3 atom stereocenters. The lowest BCUT2D eigenvalue weighted by molar-refractivity contribution is -0.133. The van der Waals surface area contributed by atoms with Gasteiger partial charge in [0.2, 0.25) is 5.91 Å². The van der Waals surface area contributed by atoms with E-state index >= 15 is 0 Å². The quantitative estimate of drug-likeness (QED) is 0.916. The SMILES string of the molecule is O=C(CCn1cncn1)N1C[C@@H]2CNC[C@@H]2[C@@H]1c1cccc(F)c1. The van der Waals surface area contributed by atoms with Crippen molar-refractivity contribution < 1.29 is 9.18 Å². The third-order valence-corrected chi connectivity index (χ3v) is 5.10. The van der Waals surface area contributed by atoms with Crippen molar-refractivity contribution >= 4 is 5.91 Å². The van der Waals surface area contributed by atoms with Crippen LogP contribution in [0.3, 0.4) is 0 Å². The molecule has 2 fully saturated rings. The summed E-state index contributed by atoms with van der Waals surface area (Å²) in [5.41, 5.74) is 0.889. The van der Waals surface area contributed by atoms with Crippen molar-refractivity contribution in [2.75, 3.05) is 19.6 Å². The van der Waals surface area contributed by atoms with E-state index in [1.807, 2.05) is 11.0 Å². The van der Waals surface area contributed by atoms with Gasteiger partial charge in [0.15, 0.2) is 0 Å². The number of nitrogens with one attached hydrogen (secondary N) is 1. The van der Waals surface area contributed by atoms with Gasteiger partial charge in [0.1, 0.15) is 18.5 Å². The molecular formula is C17H20FN5O. The smallest absolute Gasteiger partial charge is 0.224 e. The lowest BCUT2D eigenvalue weighted by Gasteiger charge is -2.28. The van der Waals surface area contributed by atoms with Gasteiger partial charge >= 0.3 is 0 Å². The molecule has 0 saturated carbocycles. The number of benzene rings is 1. The van der Waals surface area contributed by atoms with E-state index < -0.39 is 0 Å². The molecule has 2 saturated heterocycles. The first-order valence-corrected chi connectivity index (χ1v) is 8.30. The van der Waals surface area contributed by atoms with Gasteiger partial charge in [-0.3, -0.25) is 9.48 Å². The van der Waals surface area contributed by atoms with Gasteiger partial charge < -0.3 is 10.2 Å². The van der Waals surface area contributed by atoms with E-state index in [9.17, 15) is 9.18 Å². The Morgan fingerprint density at radius 1 is 1.38 bits per heavy atom. The predicted molar refractivity (Wildman–Crippen MR) is 85.3 cm³/mol. The Morgan fingerprint density at radius 2 is 2.29 bits per heavy atom. The first kappa shape index (κ1) is 15.3. The molecular weight excluding hydrogens is 309 g/mol. The summed E-state index contributed by atoms with van der Waals surface area (Å²) < 4.78 is 15.3. The molecule has 6 nitrogen and oxygen atoms in total. The van der Waals surface area contributed by atoms with E-state index in [1.165, 1.54) is 12.4 Å². The number of nitrogens with zero attached hydrogens (tertiary/aromatic N) is 4. The van der Waals surface area contributed by atoms with Gasteiger partial charge in [-0.25, -0.2) is 9.37 Å². The highest BCUT2D eigenvalue weighted by molar-refractivity contribution is 5.77. The molecule has 1 aromatic carbocycles. The zero-order valence-electron chi connectivity index (χ0n) is 13.3. The monoisotopic (exact) mass is 329 g/mol. The van der Waals surface area contributed by atoms with Crippen LogP contribution in [0.1, 0.15) is 18.0 Å². The number of carbonyl (C=O) groups excluding carboxylic acids is 1. The van der Waals surface area contributed by atoms with Crippen molar-refractivity contribution in [3.05, 3.63) is 48.3 Å². The number of fused-ring (bicyclic) bond motifs is 1. The highest BCUT2D eigenvalue weighted by Crippen LogP contribution is 2.42. The van der Waals surface area contributed by atoms with Crippen molar-refractivity contribution in [2.24, 2.45) is 11.8 Å². The Balaban J connectivity index is 1.55. The van der Waals surface area contributed by atoms with Crippen molar-refractivity contribution in [1.29, 1.82) is 0 Å². The third kappa shape index (κ3) is 2.80. The number of rotatable bonds is 4. The summed E-state index contributed by atoms with van der Waals surface area (Å²) in [5.74, 6) is 0.627. The molecule has 24 heavy (non-hydrogen) atoms. The molecule has 3 heterocycles. The average Bonchev–Trinajstić information content (AvgIpc) is 3.29. The molecule has 2 aliphatic heterocycles. The van der Waals surface area contributed by atoms with E-state index in [4.69, 9.17) is 0 Å². The molecule has 0 aliphatic carbocycles. The normalized spacial score (nSPS) is 25.9. The van der Waals surface area contributed by atoms with Crippen LogP contribution >= 0.6 is 0 Å². The lowest BCUT2D eigenvalue weighted by Crippen LogP contribution is -2.35. The van der Waals surface area contributed by atoms with E-state index in [0.29, 0.717) is 24.8 Å². The first-order valence-electron chi connectivity index (χ1n) is 8.30. The molecule has 2 aromatic rings. The summed E-state index contributed by atoms with van der Waals surface area (Å²) in [7, 11) is 0. The highest BCUT2D eigenvalue weighted by atomic mass is 19.1. The summed E-state index contributed by atoms with van der Waals surface area (Å²) >= 11 is 0. The molecule has 7 heteroatoms. The second-order valence-corrected chi connectivity index (χ2v) is 6.54. The van der Waals surface area contributed by atoms with Crippen LogP contribution in [-0.2, 0) is 11.3 Å². The number of carbonyl (C=O) groups is 1. The number of aryl methyl sites for hydroxylation is 1. The first-order chi connectivity index (χ1) is 11.7. The van der Waals surface area contributed by atoms with Crippen molar-refractivity contribution in [2.45, 2.75) is 19.0 Å². The molecule has 0 unspecified atom stereocenters. The summed E-state index contributed by atoms with van der Waals surface area (Å²) in [6, 6.07) is 6.59. The Hall–Kier alpha value is -2.28. The molecule has 0 radical (unpaired) electrons. The molecule has 2 aliphatic rings. The van der Waals surface area contributed by atoms with Gasteiger partial charge in [0, 0.05) is 32.0 Å². The van der Waals surface area contributed by atoms with Crippen LogP contribution in [0.5, 0.6) is 0 Å². The Morgan fingerprint density at radius 3 is 3.08 bits per heavy atom. The second-order valence-electron chi connectivity index (χ2n) is 6.54. The molecule has 0 bridgehead atoms. The Kier molecular flexibility index (Phi) is 4.02. The van der Waals surface area contributed by atoms with Gasteiger partial charge in [-0.05, 0) is 23.6 Å². The number of hydrogen-bond acceptors (Lipinski definition) is 4. The van der Waals surface area contributed by atoms with Crippen LogP contribution < -0.4 is 5.32 Å². The molecule has 1 amide bonds. The average molecular weight is 329 g/mol. The van der Waals surface area contributed by atoms with E-state index in [0.717, 1.165) is 25.2 Å². The number of likely N-dealkylation sites (tertiary alicyclic amines) is 1. The standard InChI is InChI=1S/C17H20FN5O/c18-14-3-1-2-12(6-14)17-15-8-19-7-13(15)9-23(17)16(24)4-5-22-11-20-10-21-22/h1-3,6,10-11,13,15,17,19H,4-5,7-9H2/t13-,15-,17-/m0/s1. The maximum absolute atomic E-state index is 13.7. The van der Waals surface area contributed by atoms with Crippen molar-refractivity contribution in [3.8, 4) is 0 Å². The summed E-state index contributed by atoms with van der Waals surface area (Å²) in [5, 5.41) is 7.43. The highest BCUT2D eigenvalue weighted by Gasteiger charge is 2.46. The van der Waals surface area contributed by atoms with Gasteiger partial charge in [0.25, 0.3) is 0 Å². The molecule has 1 aromatic heterocycles. The third-order valence-electron chi connectivity index (χ3n) is 5.10. The van der Waals surface area contributed by atoms with Crippen LogP contribution in [0.4, 0.5) is 4.39 Å². The van der Waals surface area contributed by atoms with E-state index in [1.54, 1.807) is 23.1 Å². The Bertz CT molecular complexity index is 720. The number of aromatic nitrogens is 3. The van der Waals surface area contributed by atoms with Gasteiger partial charge in [-0.15, -0.1) is 0 Å². The van der Waals surface area contributed by atoms with Crippen LogP contribution in [0, 0.1) is 17.7 Å².